The highest BCUT2D eigenvalue weighted by molar-refractivity contribution is 6.26. The number of rotatable bonds is 5. The predicted octanol–water partition coefficient (Wildman–Crippen LogP) is 7.13. The summed E-state index contributed by atoms with van der Waals surface area (Å²) in [4.78, 5) is 25.6. The Kier molecular flexibility index (Phi) is 6.33. The maximum atomic E-state index is 12.9. The Balaban J connectivity index is 2.23. The van der Waals surface area contributed by atoms with E-state index in [2.05, 4.69) is 60.6 Å². The highest BCUT2D eigenvalue weighted by atomic mass is 16.1. The molecule has 0 spiro atoms. The third kappa shape index (κ3) is 4.60. The van der Waals surface area contributed by atoms with Crippen LogP contribution in [0.3, 0.4) is 0 Å². The number of fused-ring (bicyclic) bond motifs is 1. The molecule has 150 valence electrons. The fourth-order valence-corrected chi connectivity index (χ4v) is 3.20. The molecule has 0 bridgehead atoms. The largest absolute Gasteiger partial charge is 0.289 e. The zero-order valence-corrected chi connectivity index (χ0v) is 18.7. The van der Waals surface area contributed by atoms with E-state index >= 15 is 0 Å². The van der Waals surface area contributed by atoms with E-state index in [1.165, 1.54) is 11.1 Å². The second kappa shape index (κ2) is 8.03. The molecule has 1 aliphatic rings. The molecule has 0 aliphatic heterocycles. The van der Waals surface area contributed by atoms with Crippen LogP contribution in [-0.2, 0) is 0 Å². The number of ketones is 2. The van der Waals surface area contributed by atoms with E-state index in [0.717, 1.165) is 6.42 Å². The molecule has 2 rings (SSSR count). The summed E-state index contributed by atoms with van der Waals surface area (Å²) in [5.41, 5.74) is 5.06. The monoisotopic (exact) mass is 378 g/mol. The lowest BCUT2D eigenvalue weighted by Gasteiger charge is -2.27. The third-order valence-corrected chi connectivity index (χ3v) is 6.27. The molecule has 1 aliphatic carbocycles. The van der Waals surface area contributed by atoms with Crippen LogP contribution >= 0.6 is 0 Å². The fourth-order valence-electron chi connectivity index (χ4n) is 3.20. The molecule has 1 aromatic rings. The normalized spacial score (nSPS) is 16.6. The number of hydrogen-bond donors (Lipinski definition) is 0. The van der Waals surface area contributed by atoms with E-state index in [4.69, 9.17) is 0 Å². The SMILES string of the molecule is CC1=C(C/C=C(\C)C(C)(C)C/C=C(\C)C(C)(C)C)C(=O)c2ccccc2C1=O. The number of Topliss-reactive ketones (excluding diaryl/α,β-unsaturated/α-hetero) is 2. The first-order valence-corrected chi connectivity index (χ1v) is 10.1. The van der Waals surface area contributed by atoms with Crippen molar-refractivity contribution in [1.29, 1.82) is 0 Å². The molecule has 0 N–H and O–H groups in total. The number of allylic oxidation sites excluding steroid dienone is 6. The van der Waals surface area contributed by atoms with Crippen molar-refractivity contribution in [3.8, 4) is 0 Å². The van der Waals surface area contributed by atoms with Gasteiger partial charge in [0.05, 0.1) is 0 Å². The lowest BCUT2D eigenvalue weighted by molar-refractivity contribution is 0.0973. The summed E-state index contributed by atoms with van der Waals surface area (Å²) in [6, 6.07) is 7.12. The van der Waals surface area contributed by atoms with Crippen molar-refractivity contribution in [2.75, 3.05) is 0 Å². The highest BCUT2D eigenvalue weighted by Gasteiger charge is 2.29. The van der Waals surface area contributed by atoms with Crippen LogP contribution in [0, 0.1) is 10.8 Å². The van der Waals surface area contributed by atoms with Gasteiger partial charge in [0.15, 0.2) is 11.6 Å². The van der Waals surface area contributed by atoms with Gasteiger partial charge in [0.1, 0.15) is 0 Å². The van der Waals surface area contributed by atoms with Crippen molar-refractivity contribution in [2.45, 2.75) is 68.2 Å². The third-order valence-electron chi connectivity index (χ3n) is 6.27. The molecule has 2 heteroatoms. The Morgan fingerprint density at radius 2 is 1.39 bits per heavy atom. The predicted molar refractivity (Wildman–Crippen MR) is 118 cm³/mol. The van der Waals surface area contributed by atoms with Crippen LogP contribution in [0.5, 0.6) is 0 Å². The van der Waals surface area contributed by atoms with Crippen LogP contribution in [0.2, 0.25) is 0 Å². The summed E-state index contributed by atoms with van der Waals surface area (Å²) in [7, 11) is 0. The van der Waals surface area contributed by atoms with Crippen LogP contribution in [-0.4, -0.2) is 11.6 Å². The average Bonchev–Trinajstić information content (AvgIpc) is 2.63. The first-order valence-electron chi connectivity index (χ1n) is 10.1. The number of carbonyl (C=O) groups is 2. The maximum Gasteiger partial charge on any atom is 0.190 e. The zero-order valence-electron chi connectivity index (χ0n) is 18.7. The van der Waals surface area contributed by atoms with E-state index < -0.39 is 0 Å². The molecule has 0 unspecified atom stereocenters. The van der Waals surface area contributed by atoms with Gasteiger partial charge in [0.25, 0.3) is 0 Å². The van der Waals surface area contributed by atoms with Crippen molar-refractivity contribution in [1.82, 2.24) is 0 Å². The Labute approximate surface area is 170 Å². The van der Waals surface area contributed by atoms with Crippen molar-refractivity contribution >= 4 is 11.6 Å². The Morgan fingerprint density at radius 3 is 1.93 bits per heavy atom. The molecule has 28 heavy (non-hydrogen) atoms. The molecule has 0 amide bonds. The summed E-state index contributed by atoms with van der Waals surface area (Å²) < 4.78 is 0. The Bertz CT molecular complexity index is 883. The van der Waals surface area contributed by atoms with Gasteiger partial charge in [0.2, 0.25) is 0 Å². The van der Waals surface area contributed by atoms with Crippen LogP contribution in [0.25, 0.3) is 0 Å². The average molecular weight is 379 g/mol. The van der Waals surface area contributed by atoms with Gasteiger partial charge in [-0.15, -0.1) is 0 Å². The van der Waals surface area contributed by atoms with Crippen molar-refractivity contribution in [3.05, 3.63) is 69.8 Å². The van der Waals surface area contributed by atoms with Gasteiger partial charge in [-0.3, -0.25) is 9.59 Å². The smallest absolute Gasteiger partial charge is 0.190 e. The summed E-state index contributed by atoms with van der Waals surface area (Å²) in [5.74, 6) is -0.0442. The molecular formula is C26H34O2. The first kappa shape index (κ1) is 22.1. The molecule has 0 heterocycles. The summed E-state index contributed by atoms with van der Waals surface area (Å²) in [6.45, 7) is 17.2. The van der Waals surface area contributed by atoms with E-state index in [1.807, 2.05) is 12.1 Å². The van der Waals surface area contributed by atoms with Gasteiger partial charge in [-0.1, -0.05) is 82.2 Å². The van der Waals surface area contributed by atoms with Gasteiger partial charge in [-0.25, -0.2) is 0 Å². The molecular weight excluding hydrogens is 344 g/mol. The topological polar surface area (TPSA) is 34.1 Å². The number of carbonyl (C=O) groups excluding carboxylic acids is 2. The second-order valence-electron chi connectivity index (χ2n) is 9.62. The Hall–Kier alpha value is -2.22. The van der Waals surface area contributed by atoms with Gasteiger partial charge in [-0.05, 0) is 44.4 Å². The van der Waals surface area contributed by atoms with E-state index in [-0.39, 0.29) is 22.4 Å². The molecule has 2 nitrogen and oxygen atoms in total. The van der Waals surface area contributed by atoms with E-state index in [0.29, 0.717) is 28.7 Å². The summed E-state index contributed by atoms with van der Waals surface area (Å²) in [6.07, 6.45) is 5.90. The van der Waals surface area contributed by atoms with Gasteiger partial charge in [0, 0.05) is 22.3 Å². The van der Waals surface area contributed by atoms with Gasteiger partial charge < -0.3 is 0 Å². The molecule has 0 saturated heterocycles. The molecule has 0 fully saturated rings. The molecule has 0 radical (unpaired) electrons. The maximum absolute atomic E-state index is 12.9. The lowest BCUT2D eigenvalue weighted by Crippen LogP contribution is -2.21. The molecule has 1 aromatic carbocycles. The van der Waals surface area contributed by atoms with Crippen molar-refractivity contribution in [3.63, 3.8) is 0 Å². The lowest BCUT2D eigenvalue weighted by atomic mass is 9.78. The minimum absolute atomic E-state index is 0.000601. The highest BCUT2D eigenvalue weighted by Crippen LogP contribution is 2.35. The molecule has 0 saturated carbocycles. The quantitative estimate of drug-likeness (QED) is 0.511. The van der Waals surface area contributed by atoms with Gasteiger partial charge >= 0.3 is 0 Å². The molecule has 0 atom stereocenters. The number of benzene rings is 1. The van der Waals surface area contributed by atoms with E-state index in [9.17, 15) is 9.59 Å². The minimum Gasteiger partial charge on any atom is -0.289 e. The van der Waals surface area contributed by atoms with Crippen molar-refractivity contribution < 1.29 is 9.59 Å². The fraction of sp³-hybridized carbons (Fsp3) is 0.462. The van der Waals surface area contributed by atoms with Crippen LogP contribution < -0.4 is 0 Å². The Morgan fingerprint density at radius 1 is 0.857 bits per heavy atom. The van der Waals surface area contributed by atoms with E-state index in [1.54, 1.807) is 19.1 Å². The van der Waals surface area contributed by atoms with Crippen LogP contribution in [0.15, 0.2) is 58.7 Å². The van der Waals surface area contributed by atoms with Gasteiger partial charge in [-0.2, -0.15) is 0 Å². The standard InChI is InChI=1S/C26H34O2/c1-17(25(4,5)6)15-16-26(7,8)18(2)13-14-20-19(3)23(27)21-11-9-10-12-22(21)24(20)28/h9-13,15H,14,16H2,1-8H3/b17-15+,18-13+. The number of hydrogen-bond acceptors (Lipinski definition) is 2. The summed E-state index contributed by atoms with van der Waals surface area (Å²) in [5, 5.41) is 0. The first-order chi connectivity index (χ1) is 12.9. The summed E-state index contributed by atoms with van der Waals surface area (Å²) >= 11 is 0. The van der Waals surface area contributed by atoms with Crippen LogP contribution in [0.4, 0.5) is 0 Å². The minimum atomic E-state index is -0.0285. The second-order valence-corrected chi connectivity index (χ2v) is 9.62. The van der Waals surface area contributed by atoms with Crippen molar-refractivity contribution in [2.24, 2.45) is 10.8 Å². The molecule has 0 aromatic heterocycles. The van der Waals surface area contributed by atoms with Crippen LogP contribution in [0.1, 0.15) is 88.9 Å². The zero-order chi connectivity index (χ0) is 21.3.